The normalized spacial score (nSPS) is 23.3. The van der Waals surface area contributed by atoms with Crippen molar-refractivity contribution in [3.05, 3.63) is 23.5 Å². The average Bonchev–Trinajstić information content (AvgIpc) is 3.18. The van der Waals surface area contributed by atoms with Crippen molar-refractivity contribution in [2.75, 3.05) is 6.61 Å². The third-order valence-corrected chi connectivity index (χ3v) is 5.66. The molecule has 0 aromatic carbocycles. The van der Waals surface area contributed by atoms with Crippen molar-refractivity contribution in [1.82, 2.24) is 20.1 Å². The predicted octanol–water partition coefficient (Wildman–Crippen LogP) is 3.42. The van der Waals surface area contributed by atoms with Gasteiger partial charge in [-0.1, -0.05) is 27.2 Å². The monoisotopic (exact) mass is 358 g/mol. The summed E-state index contributed by atoms with van der Waals surface area (Å²) in [5.41, 5.74) is 2.03. The van der Waals surface area contributed by atoms with E-state index in [-0.39, 0.29) is 35.9 Å². The number of aromatic nitrogens is 3. The zero-order chi connectivity index (χ0) is 19.1. The molecule has 0 aliphatic heterocycles. The number of carbonyl (C=O) groups is 1. The van der Waals surface area contributed by atoms with Crippen LogP contribution in [0.2, 0.25) is 0 Å². The third-order valence-electron chi connectivity index (χ3n) is 5.66. The van der Waals surface area contributed by atoms with Gasteiger partial charge in [-0.25, -0.2) is 9.67 Å². The van der Waals surface area contributed by atoms with E-state index in [0.29, 0.717) is 5.56 Å². The molecule has 0 radical (unpaired) electrons. The summed E-state index contributed by atoms with van der Waals surface area (Å²) in [4.78, 5) is 17.9. The average molecular weight is 358 g/mol. The van der Waals surface area contributed by atoms with Gasteiger partial charge in [0, 0.05) is 23.2 Å². The van der Waals surface area contributed by atoms with Crippen molar-refractivity contribution >= 4 is 16.9 Å². The largest absolute Gasteiger partial charge is 0.396 e. The van der Waals surface area contributed by atoms with Crippen molar-refractivity contribution in [1.29, 1.82) is 0 Å². The topological polar surface area (TPSA) is 80.0 Å². The Labute approximate surface area is 155 Å². The summed E-state index contributed by atoms with van der Waals surface area (Å²) in [5, 5.41) is 18.2. The molecule has 142 valence electrons. The van der Waals surface area contributed by atoms with Crippen LogP contribution in [0, 0.1) is 5.41 Å². The minimum atomic E-state index is -0.245. The zero-order valence-electron chi connectivity index (χ0n) is 16.4. The maximum absolute atomic E-state index is 13.1. The van der Waals surface area contributed by atoms with Crippen LogP contribution in [0.25, 0.3) is 11.0 Å². The van der Waals surface area contributed by atoms with Gasteiger partial charge in [-0.15, -0.1) is 0 Å². The molecule has 6 heteroatoms. The molecule has 26 heavy (non-hydrogen) atoms. The molecule has 0 unspecified atom stereocenters. The van der Waals surface area contributed by atoms with Crippen LogP contribution in [0.1, 0.15) is 81.9 Å². The molecular formula is C20H30N4O2. The third kappa shape index (κ3) is 3.22. The zero-order valence-corrected chi connectivity index (χ0v) is 16.4. The van der Waals surface area contributed by atoms with Crippen LogP contribution in [0.3, 0.4) is 0 Å². The van der Waals surface area contributed by atoms with Gasteiger partial charge in [0.25, 0.3) is 5.91 Å². The summed E-state index contributed by atoms with van der Waals surface area (Å²) in [6.07, 6.45) is 4.60. The van der Waals surface area contributed by atoms with Gasteiger partial charge in [-0.3, -0.25) is 4.79 Å². The Morgan fingerprint density at radius 3 is 2.77 bits per heavy atom. The number of hydrogen-bond donors (Lipinski definition) is 2. The van der Waals surface area contributed by atoms with E-state index in [4.69, 9.17) is 4.98 Å². The Morgan fingerprint density at radius 2 is 2.15 bits per heavy atom. The van der Waals surface area contributed by atoms with Crippen LogP contribution in [0.5, 0.6) is 0 Å². The number of rotatable bonds is 5. The molecule has 1 amide bonds. The number of fused-ring (bicyclic) bond motifs is 1. The number of carbonyl (C=O) groups excluding carboxylic acids is 1. The second kappa shape index (κ2) is 6.99. The Balaban J connectivity index is 2.02. The van der Waals surface area contributed by atoms with Gasteiger partial charge in [-0.05, 0) is 38.7 Å². The highest BCUT2D eigenvalue weighted by atomic mass is 16.3. The van der Waals surface area contributed by atoms with Crippen LogP contribution in [-0.2, 0) is 0 Å². The van der Waals surface area contributed by atoms with Crippen LogP contribution in [0.15, 0.2) is 12.3 Å². The van der Waals surface area contributed by atoms with Gasteiger partial charge < -0.3 is 10.4 Å². The molecule has 1 aliphatic rings. The number of amides is 1. The minimum Gasteiger partial charge on any atom is -0.396 e. The number of aliphatic hydroxyl groups is 1. The molecule has 1 saturated carbocycles. The molecule has 2 N–H and O–H groups in total. The van der Waals surface area contributed by atoms with E-state index >= 15 is 0 Å². The maximum atomic E-state index is 13.1. The Bertz CT molecular complexity index is 811. The predicted molar refractivity (Wildman–Crippen MR) is 102 cm³/mol. The number of aliphatic hydroxyl groups excluding tert-OH is 1. The molecular weight excluding hydrogens is 328 g/mol. The van der Waals surface area contributed by atoms with Crippen molar-refractivity contribution in [2.45, 2.75) is 71.9 Å². The van der Waals surface area contributed by atoms with Gasteiger partial charge in [-0.2, -0.15) is 5.10 Å². The summed E-state index contributed by atoms with van der Waals surface area (Å²) in [6, 6.07) is 2.05. The van der Waals surface area contributed by atoms with Gasteiger partial charge in [0.15, 0.2) is 5.65 Å². The van der Waals surface area contributed by atoms with Crippen molar-refractivity contribution in [2.24, 2.45) is 5.41 Å². The fourth-order valence-corrected chi connectivity index (χ4v) is 3.80. The lowest BCUT2D eigenvalue weighted by Gasteiger charge is -2.30. The number of hydrogen-bond acceptors (Lipinski definition) is 4. The molecule has 1 fully saturated rings. The van der Waals surface area contributed by atoms with Gasteiger partial charge in [0.2, 0.25) is 0 Å². The first kappa shape index (κ1) is 18.8. The van der Waals surface area contributed by atoms with Gasteiger partial charge in [0.05, 0.1) is 23.8 Å². The molecule has 3 rings (SSSR count). The van der Waals surface area contributed by atoms with Crippen molar-refractivity contribution in [3.63, 3.8) is 0 Å². The molecule has 0 bridgehead atoms. The molecule has 6 nitrogen and oxygen atoms in total. The van der Waals surface area contributed by atoms with E-state index in [1.165, 1.54) is 0 Å². The highest BCUT2D eigenvalue weighted by Gasteiger charge is 2.39. The number of pyridine rings is 1. The lowest BCUT2D eigenvalue weighted by atomic mass is 9.85. The summed E-state index contributed by atoms with van der Waals surface area (Å²) in [6.45, 7) is 10.4. The molecule has 2 aromatic rings. The van der Waals surface area contributed by atoms with E-state index in [1.807, 2.05) is 17.7 Å². The number of nitrogens with zero attached hydrogens (tertiary/aromatic N) is 3. The van der Waals surface area contributed by atoms with E-state index in [2.05, 4.69) is 38.1 Å². The summed E-state index contributed by atoms with van der Waals surface area (Å²) in [5.74, 6) is 0.116. The van der Waals surface area contributed by atoms with Crippen molar-refractivity contribution < 1.29 is 9.90 Å². The Kier molecular flexibility index (Phi) is 5.06. The fraction of sp³-hybridized carbons (Fsp3) is 0.650. The van der Waals surface area contributed by atoms with Crippen molar-refractivity contribution in [3.8, 4) is 0 Å². The quantitative estimate of drug-likeness (QED) is 0.858. The van der Waals surface area contributed by atoms with Gasteiger partial charge in [0.1, 0.15) is 0 Å². The smallest absolute Gasteiger partial charge is 0.252 e. The van der Waals surface area contributed by atoms with Crippen LogP contribution < -0.4 is 5.32 Å². The maximum Gasteiger partial charge on any atom is 0.252 e. The summed E-state index contributed by atoms with van der Waals surface area (Å²) >= 11 is 0. The van der Waals surface area contributed by atoms with E-state index in [1.54, 1.807) is 6.20 Å². The number of nitrogens with one attached hydrogen (secondary N) is 1. The summed E-state index contributed by atoms with van der Waals surface area (Å²) < 4.78 is 1.87. The highest BCUT2D eigenvalue weighted by molar-refractivity contribution is 6.05. The van der Waals surface area contributed by atoms with E-state index in [9.17, 15) is 9.90 Å². The first-order chi connectivity index (χ1) is 12.3. The van der Waals surface area contributed by atoms with Crippen LogP contribution in [0.4, 0.5) is 0 Å². The Morgan fingerprint density at radius 1 is 1.42 bits per heavy atom. The fourth-order valence-electron chi connectivity index (χ4n) is 3.80. The first-order valence-corrected chi connectivity index (χ1v) is 9.56. The second-order valence-electron chi connectivity index (χ2n) is 8.40. The molecule has 2 heterocycles. The lowest BCUT2D eigenvalue weighted by Crippen LogP contribution is -2.44. The molecule has 2 aromatic heterocycles. The summed E-state index contributed by atoms with van der Waals surface area (Å²) in [7, 11) is 0. The first-order valence-electron chi connectivity index (χ1n) is 9.56. The van der Waals surface area contributed by atoms with E-state index < -0.39 is 0 Å². The SMILES string of the molecule is CC(C)c1cc(C(=O)N[C@@H]2CCC[C@]2(C)CO)c2cnn(C(C)C)c2n1. The Hall–Kier alpha value is -1.95. The molecule has 0 spiro atoms. The van der Waals surface area contributed by atoms with Gasteiger partial charge >= 0.3 is 0 Å². The molecule has 0 saturated heterocycles. The van der Waals surface area contributed by atoms with Crippen LogP contribution >= 0.6 is 0 Å². The van der Waals surface area contributed by atoms with Crippen LogP contribution in [-0.4, -0.2) is 38.4 Å². The highest BCUT2D eigenvalue weighted by Crippen LogP contribution is 2.37. The standard InChI is InChI=1S/C20H30N4O2/c1-12(2)16-9-14(15-10-21-24(13(3)4)18(15)22-16)19(26)23-17-7-6-8-20(17,5)11-25/h9-10,12-13,17,25H,6-8,11H2,1-5H3,(H,23,26)/t17-,20-/m1/s1. The minimum absolute atomic E-state index is 0.00846. The lowest BCUT2D eigenvalue weighted by molar-refractivity contribution is 0.0832. The second-order valence-corrected chi connectivity index (χ2v) is 8.40. The molecule has 1 aliphatic carbocycles. The molecule has 2 atom stereocenters. The van der Waals surface area contributed by atoms with E-state index in [0.717, 1.165) is 36.0 Å².